The standard InChI is InChI=1S/C16H19NO3S2/c1-16(2)12-17(9-10-21(16)18)22(19,20)15-8-7-13-5-3-4-6-14(13)11-15/h3-8,11H,9-10,12H2,1-2H3. The highest BCUT2D eigenvalue weighted by Gasteiger charge is 2.38. The molecule has 0 N–H and O–H groups in total. The van der Waals surface area contributed by atoms with Crippen molar-refractivity contribution < 1.29 is 12.6 Å². The summed E-state index contributed by atoms with van der Waals surface area (Å²) in [6.07, 6.45) is 0. The lowest BCUT2D eigenvalue weighted by Gasteiger charge is -2.36. The summed E-state index contributed by atoms with van der Waals surface area (Å²) >= 11 is 0. The fraction of sp³-hybridized carbons (Fsp3) is 0.375. The topological polar surface area (TPSA) is 54.5 Å². The Morgan fingerprint density at radius 3 is 2.45 bits per heavy atom. The van der Waals surface area contributed by atoms with Crippen LogP contribution in [0.1, 0.15) is 13.8 Å². The van der Waals surface area contributed by atoms with Crippen LogP contribution in [0.3, 0.4) is 0 Å². The highest BCUT2D eigenvalue weighted by molar-refractivity contribution is 7.89. The van der Waals surface area contributed by atoms with Crippen LogP contribution >= 0.6 is 0 Å². The van der Waals surface area contributed by atoms with Crippen molar-refractivity contribution in [2.24, 2.45) is 0 Å². The van der Waals surface area contributed by atoms with Gasteiger partial charge in [0.1, 0.15) is 0 Å². The largest absolute Gasteiger partial charge is 0.259 e. The van der Waals surface area contributed by atoms with Crippen molar-refractivity contribution in [2.75, 3.05) is 18.8 Å². The monoisotopic (exact) mass is 337 g/mol. The number of hydrogen-bond donors (Lipinski definition) is 0. The van der Waals surface area contributed by atoms with Crippen molar-refractivity contribution in [1.29, 1.82) is 0 Å². The van der Waals surface area contributed by atoms with E-state index in [0.29, 0.717) is 17.2 Å². The van der Waals surface area contributed by atoms with Crippen LogP contribution in [0.2, 0.25) is 0 Å². The van der Waals surface area contributed by atoms with Gasteiger partial charge in [0, 0.05) is 29.6 Å². The fourth-order valence-corrected chi connectivity index (χ4v) is 5.79. The van der Waals surface area contributed by atoms with Gasteiger partial charge in [0.2, 0.25) is 10.0 Å². The molecule has 0 bridgehead atoms. The van der Waals surface area contributed by atoms with Crippen LogP contribution in [0.25, 0.3) is 10.8 Å². The summed E-state index contributed by atoms with van der Waals surface area (Å²) < 4.78 is 38.6. The minimum Gasteiger partial charge on any atom is -0.259 e. The van der Waals surface area contributed by atoms with E-state index in [-0.39, 0.29) is 6.54 Å². The van der Waals surface area contributed by atoms with E-state index in [1.54, 1.807) is 12.1 Å². The molecule has 2 aromatic carbocycles. The Balaban J connectivity index is 1.99. The Bertz CT molecular complexity index is 843. The Kier molecular flexibility index (Phi) is 3.87. The van der Waals surface area contributed by atoms with Crippen molar-refractivity contribution in [3.63, 3.8) is 0 Å². The Hall–Kier alpha value is -1.24. The summed E-state index contributed by atoms with van der Waals surface area (Å²) in [4.78, 5) is 0.301. The van der Waals surface area contributed by atoms with Crippen molar-refractivity contribution in [1.82, 2.24) is 4.31 Å². The van der Waals surface area contributed by atoms with Gasteiger partial charge in [-0.2, -0.15) is 4.31 Å². The molecular formula is C16H19NO3S2. The summed E-state index contributed by atoms with van der Waals surface area (Å²) in [5.41, 5.74) is 0. The van der Waals surface area contributed by atoms with Gasteiger partial charge in [0.15, 0.2) is 0 Å². The zero-order chi connectivity index (χ0) is 16.0. The van der Waals surface area contributed by atoms with Gasteiger partial charge in [-0.3, -0.25) is 4.21 Å². The third-order valence-corrected chi connectivity index (χ3v) is 7.81. The van der Waals surface area contributed by atoms with Crippen molar-refractivity contribution in [3.8, 4) is 0 Å². The van der Waals surface area contributed by atoms with Gasteiger partial charge >= 0.3 is 0 Å². The van der Waals surface area contributed by atoms with Crippen LogP contribution in [0.4, 0.5) is 0 Å². The van der Waals surface area contributed by atoms with Crippen molar-refractivity contribution >= 4 is 31.6 Å². The van der Waals surface area contributed by atoms with Gasteiger partial charge in [-0.15, -0.1) is 0 Å². The minimum absolute atomic E-state index is 0.286. The highest BCUT2D eigenvalue weighted by Crippen LogP contribution is 2.27. The molecule has 1 unspecified atom stereocenters. The van der Waals surface area contributed by atoms with Crippen LogP contribution in [0.5, 0.6) is 0 Å². The third kappa shape index (κ3) is 2.71. The molecule has 0 saturated carbocycles. The Morgan fingerprint density at radius 1 is 1.09 bits per heavy atom. The summed E-state index contributed by atoms with van der Waals surface area (Å²) in [5.74, 6) is 0.389. The normalized spacial score (nSPS) is 22.7. The summed E-state index contributed by atoms with van der Waals surface area (Å²) in [6.45, 7) is 4.30. The number of benzene rings is 2. The molecule has 0 amide bonds. The average molecular weight is 337 g/mol. The van der Waals surface area contributed by atoms with Crippen LogP contribution in [-0.2, 0) is 20.8 Å². The van der Waals surface area contributed by atoms with Gasteiger partial charge in [-0.05, 0) is 36.8 Å². The number of fused-ring (bicyclic) bond motifs is 1. The third-order valence-electron chi connectivity index (χ3n) is 4.06. The van der Waals surface area contributed by atoms with Gasteiger partial charge in [-0.1, -0.05) is 30.3 Å². The second-order valence-corrected chi connectivity index (χ2v) is 10.3. The van der Waals surface area contributed by atoms with Crippen LogP contribution in [0.15, 0.2) is 47.4 Å². The van der Waals surface area contributed by atoms with Crippen LogP contribution in [0, 0.1) is 0 Å². The fourth-order valence-electron chi connectivity index (χ4n) is 2.72. The number of rotatable bonds is 2. The molecule has 1 atom stereocenters. The van der Waals surface area contributed by atoms with E-state index < -0.39 is 25.6 Å². The maximum atomic E-state index is 12.9. The molecule has 0 spiro atoms. The first-order chi connectivity index (χ1) is 10.3. The first-order valence-corrected chi connectivity index (χ1v) is 9.94. The average Bonchev–Trinajstić information content (AvgIpc) is 2.49. The van der Waals surface area contributed by atoms with E-state index in [9.17, 15) is 12.6 Å². The van der Waals surface area contributed by atoms with Gasteiger partial charge < -0.3 is 0 Å². The molecule has 0 aromatic heterocycles. The van der Waals surface area contributed by atoms with Crippen molar-refractivity contribution in [2.45, 2.75) is 23.5 Å². The lowest BCUT2D eigenvalue weighted by molar-refractivity contribution is 0.378. The molecular weight excluding hydrogens is 318 g/mol. The number of hydrogen-bond acceptors (Lipinski definition) is 3. The Labute approximate surface area is 133 Å². The molecule has 1 aliphatic heterocycles. The molecule has 118 valence electrons. The maximum absolute atomic E-state index is 12.9. The molecule has 2 aromatic rings. The SMILES string of the molecule is CC1(C)CN(S(=O)(=O)c2ccc3ccccc3c2)CCS1=O. The zero-order valence-corrected chi connectivity index (χ0v) is 14.3. The first kappa shape index (κ1) is 15.6. The van der Waals surface area contributed by atoms with Gasteiger partial charge in [0.25, 0.3) is 0 Å². The minimum atomic E-state index is -3.55. The molecule has 1 fully saturated rings. The molecule has 1 heterocycles. The van der Waals surface area contributed by atoms with E-state index in [0.717, 1.165) is 10.8 Å². The predicted octanol–water partition coefficient (Wildman–Crippen LogP) is 2.37. The van der Waals surface area contributed by atoms with Crippen LogP contribution < -0.4 is 0 Å². The zero-order valence-electron chi connectivity index (χ0n) is 12.7. The predicted molar refractivity (Wildman–Crippen MR) is 89.8 cm³/mol. The van der Waals surface area contributed by atoms with Gasteiger partial charge in [0.05, 0.1) is 9.64 Å². The molecule has 0 aliphatic carbocycles. The summed E-state index contributed by atoms with van der Waals surface area (Å²) in [7, 11) is -4.54. The van der Waals surface area contributed by atoms with E-state index in [4.69, 9.17) is 0 Å². The van der Waals surface area contributed by atoms with Gasteiger partial charge in [-0.25, -0.2) is 8.42 Å². The number of nitrogens with zero attached hydrogens (tertiary/aromatic N) is 1. The smallest absolute Gasteiger partial charge is 0.243 e. The lowest BCUT2D eigenvalue weighted by atomic mass is 10.1. The molecule has 3 rings (SSSR count). The van der Waals surface area contributed by atoms with Crippen LogP contribution in [-0.4, -0.2) is 40.5 Å². The highest BCUT2D eigenvalue weighted by atomic mass is 32.2. The Morgan fingerprint density at radius 2 is 1.77 bits per heavy atom. The lowest BCUT2D eigenvalue weighted by Crippen LogP contribution is -2.51. The molecule has 1 saturated heterocycles. The second kappa shape index (κ2) is 5.44. The van der Waals surface area contributed by atoms with E-state index in [1.165, 1.54) is 4.31 Å². The molecule has 4 nitrogen and oxygen atoms in total. The quantitative estimate of drug-likeness (QED) is 0.845. The van der Waals surface area contributed by atoms with E-state index >= 15 is 0 Å². The number of sulfonamides is 1. The summed E-state index contributed by atoms with van der Waals surface area (Å²) in [5, 5.41) is 1.92. The maximum Gasteiger partial charge on any atom is 0.243 e. The second-order valence-electron chi connectivity index (χ2n) is 6.16. The molecule has 6 heteroatoms. The van der Waals surface area contributed by atoms with E-state index in [2.05, 4.69) is 0 Å². The molecule has 0 radical (unpaired) electrons. The molecule has 1 aliphatic rings. The summed E-state index contributed by atoms with van der Waals surface area (Å²) in [6, 6.07) is 12.9. The molecule has 22 heavy (non-hydrogen) atoms. The van der Waals surface area contributed by atoms with Crippen molar-refractivity contribution in [3.05, 3.63) is 42.5 Å². The first-order valence-electron chi connectivity index (χ1n) is 7.18. The van der Waals surface area contributed by atoms with E-state index in [1.807, 2.05) is 44.2 Å².